The molecule has 2 heteroatoms. The zero-order chi connectivity index (χ0) is 9.14. The van der Waals surface area contributed by atoms with Crippen LogP contribution in [-0.2, 0) is 0 Å². The van der Waals surface area contributed by atoms with Crippen LogP contribution in [0.2, 0.25) is 0 Å². The summed E-state index contributed by atoms with van der Waals surface area (Å²) >= 11 is 2.26. The average molecular weight is 275 g/mol. The van der Waals surface area contributed by atoms with Gasteiger partial charge < -0.3 is 4.74 Å². The van der Waals surface area contributed by atoms with Crippen molar-refractivity contribution in [1.29, 1.82) is 0 Å². The van der Waals surface area contributed by atoms with Crippen LogP contribution < -0.4 is 4.74 Å². The highest BCUT2D eigenvalue weighted by Crippen LogP contribution is 2.19. The van der Waals surface area contributed by atoms with E-state index in [1.807, 2.05) is 32.0 Å². The van der Waals surface area contributed by atoms with E-state index in [0.29, 0.717) is 0 Å². The van der Waals surface area contributed by atoms with Gasteiger partial charge in [0.25, 0.3) is 0 Å². The Hall–Kier alpha value is -0.250. The van der Waals surface area contributed by atoms with Crippen molar-refractivity contribution in [2.45, 2.75) is 20.0 Å². The molecule has 0 heterocycles. The van der Waals surface area contributed by atoms with E-state index in [4.69, 9.17) is 4.74 Å². The Kier molecular flexibility index (Phi) is 3.38. The van der Waals surface area contributed by atoms with Crippen LogP contribution >= 0.6 is 22.6 Å². The molecule has 0 atom stereocenters. The van der Waals surface area contributed by atoms with Crippen LogP contribution in [0.15, 0.2) is 18.2 Å². The van der Waals surface area contributed by atoms with E-state index in [9.17, 15) is 0 Å². The van der Waals surface area contributed by atoms with Crippen molar-refractivity contribution in [3.8, 4) is 5.75 Å². The molecule has 1 nitrogen and oxygen atoms in total. The maximum absolute atomic E-state index is 5.53. The van der Waals surface area contributed by atoms with Gasteiger partial charge in [-0.2, -0.15) is 0 Å². The molecule has 0 aliphatic rings. The highest BCUT2D eigenvalue weighted by Gasteiger charge is 1.99. The number of halogens is 1. The van der Waals surface area contributed by atoms with E-state index in [1.165, 1.54) is 0 Å². The average Bonchev–Trinajstić information content (AvgIpc) is 1.81. The minimum Gasteiger partial charge on any atom is -0.491 e. The number of hydrogen-bond donors (Lipinski definition) is 0. The largest absolute Gasteiger partial charge is 0.491 e. The molecule has 0 amide bonds. The fourth-order valence-electron chi connectivity index (χ4n) is 0.961. The van der Waals surface area contributed by atoms with Crippen molar-refractivity contribution in [3.63, 3.8) is 0 Å². The van der Waals surface area contributed by atoms with Crippen LogP contribution in [0, 0.1) is 10.5 Å². The smallest absolute Gasteiger partial charge is 0.121 e. The monoisotopic (exact) mass is 275 g/mol. The van der Waals surface area contributed by atoms with Crippen molar-refractivity contribution in [1.82, 2.24) is 0 Å². The van der Waals surface area contributed by atoms with E-state index >= 15 is 0 Å². The summed E-state index contributed by atoms with van der Waals surface area (Å²) in [5.74, 6) is 0.905. The summed E-state index contributed by atoms with van der Waals surface area (Å²) in [5, 5.41) is 0. The lowest BCUT2D eigenvalue weighted by Crippen LogP contribution is -2.05. The molecule has 0 fully saturated rings. The molecule has 1 radical (unpaired) electrons. The Morgan fingerprint density at radius 3 is 2.50 bits per heavy atom. The molecule has 0 saturated heterocycles. The molecule has 12 heavy (non-hydrogen) atoms. The number of benzene rings is 1. The zero-order valence-electron chi connectivity index (χ0n) is 7.30. The predicted molar refractivity (Wildman–Crippen MR) is 59.4 cm³/mol. The summed E-state index contributed by atoms with van der Waals surface area (Å²) in [4.78, 5) is 0. The van der Waals surface area contributed by atoms with E-state index in [-0.39, 0.29) is 6.10 Å². The van der Waals surface area contributed by atoms with Gasteiger partial charge in [-0.05, 0) is 67.1 Å². The van der Waals surface area contributed by atoms with Gasteiger partial charge in [0.15, 0.2) is 0 Å². The molecule has 0 saturated carbocycles. The molecule has 0 aliphatic heterocycles. The van der Waals surface area contributed by atoms with Gasteiger partial charge >= 0.3 is 0 Å². The summed E-state index contributed by atoms with van der Waals surface area (Å²) in [6.07, 6.45) is 0.225. The second-order valence-corrected chi connectivity index (χ2v) is 4.21. The van der Waals surface area contributed by atoms with Gasteiger partial charge in [-0.1, -0.05) is 0 Å². The number of rotatable bonds is 2. The quantitative estimate of drug-likeness (QED) is 0.753. The minimum atomic E-state index is 0.225. The summed E-state index contributed by atoms with van der Waals surface area (Å²) in [6, 6.07) is 5.98. The summed E-state index contributed by atoms with van der Waals surface area (Å²) in [6.45, 7) is 7.90. The zero-order valence-corrected chi connectivity index (χ0v) is 9.46. The molecule has 1 aromatic rings. The fraction of sp³-hybridized carbons (Fsp3) is 0.300. The first-order chi connectivity index (χ1) is 5.58. The Morgan fingerprint density at radius 2 is 2.00 bits per heavy atom. The van der Waals surface area contributed by atoms with Crippen molar-refractivity contribution in [2.75, 3.05) is 0 Å². The van der Waals surface area contributed by atoms with E-state index < -0.39 is 0 Å². The van der Waals surface area contributed by atoms with Gasteiger partial charge in [0.05, 0.1) is 6.10 Å². The van der Waals surface area contributed by atoms with E-state index in [0.717, 1.165) is 14.9 Å². The molecule has 0 spiro atoms. The normalized spacial score (nSPS) is 10.4. The first-order valence-corrected chi connectivity index (χ1v) is 4.95. The fourth-order valence-corrected chi connectivity index (χ4v) is 1.67. The Bertz CT molecular complexity index is 248. The van der Waals surface area contributed by atoms with E-state index in [1.54, 1.807) is 0 Å². The third-order valence-corrected chi connectivity index (χ3v) is 1.93. The van der Waals surface area contributed by atoms with Crippen LogP contribution in [0.25, 0.3) is 0 Å². The molecular weight excluding hydrogens is 263 g/mol. The van der Waals surface area contributed by atoms with Crippen LogP contribution in [0.5, 0.6) is 5.75 Å². The molecule has 1 aromatic carbocycles. The van der Waals surface area contributed by atoms with Crippen LogP contribution in [0.3, 0.4) is 0 Å². The second kappa shape index (κ2) is 4.12. The van der Waals surface area contributed by atoms with Gasteiger partial charge in [-0.15, -0.1) is 0 Å². The molecule has 1 rings (SSSR count). The van der Waals surface area contributed by atoms with Gasteiger partial charge in [-0.3, -0.25) is 0 Å². The Labute approximate surface area is 87.3 Å². The van der Waals surface area contributed by atoms with Gasteiger partial charge in [0.2, 0.25) is 0 Å². The van der Waals surface area contributed by atoms with E-state index in [2.05, 4.69) is 29.5 Å². The van der Waals surface area contributed by atoms with Crippen LogP contribution in [0.4, 0.5) is 0 Å². The lowest BCUT2D eigenvalue weighted by Gasteiger charge is -2.10. The van der Waals surface area contributed by atoms with Gasteiger partial charge in [0, 0.05) is 3.57 Å². The summed E-state index contributed by atoms with van der Waals surface area (Å²) < 4.78 is 6.69. The van der Waals surface area contributed by atoms with Crippen LogP contribution in [0.1, 0.15) is 19.4 Å². The Morgan fingerprint density at radius 1 is 1.33 bits per heavy atom. The summed E-state index contributed by atoms with van der Waals surface area (Å²) in [7, 11) is 0. The molecule has 0 aromatic heterocycles. The first-order valence-electron chi connectivity index (χ1n) is 3.87. The number of hydrogen-bond acceptors (Lipinski definition) is 1. The Balaban J connectivity index is 2.85. The van der Waals surface area contributed by atoms with Crippen molar-refractivity contribution >= 4 is 22.6 Å². The highest BCUT2D eigenvalue weighted by atomic mass is 127. The van der Waals surface area contributed by atoms with Crippen molar-refractivity contribution < 1.29 is 4.74 Å². The molecule has 0 unspecified atom stereocenters. The van der Waals surface area contributed by atoms with Gasteiger partial charge in [-0.25, -0.2) is 0 Å². The molecule has 0 N–H and O–H groups in total. The lowest BCUT2D eigenvalue weighted by atomic mass is 10.2. The topological polar surface area (TPSA) is 9.23 Å². The third-order valence-electron chi connectivity index (χ3n) is 1.30. The minimum absolute atomic E-state index is 0.225. The summed E-state index contributed by atoms with van der Waals surface area (Å²) in [5.41, 5.74) is 0.998. The number of ether oxygens (including phenoxy) is 1. The molecule has 0 aliphatic carbocycles. The maximum Gasteiger partial charge on any atom is 0.121 e. The maximum atomic E-state index is 5.53. The van der Waals surface area contributed by atoms with Crippen molar-refractivity contribution in [2.24, 2.45) is 0 Å². The highest BCUT2D eigenvalue weighted by molar-refractivity contribution is 14.1. The van der Waals surface area contributed by atoms with Gasteiger partial charge in [0.1, 0.15) is 5.75 Å². The standard InChI is InChI=1S/C10H12IO/c1-7(2)12-10-5-8(3)4-9(11)6-10/h4-7H,3H2,1-2H3. The molecule has 0 bridgehead atoms. The predicted octanol–water partition coefficient (Wildman–Crippen LogP) is 3.26. The lowest BCUT2D eigenvalue weighted by molar-refractivity contribution is 0.242. The first kappa shape index (κ1) is 9.84. The molecular formula is C10H12IO. The molecule has 65 valence electrons. The third kappa shape index (κ3) is 3.01. The van der Waals surface area contributed by atoms with Crippen molar-refractivity contribution in [3.05, 3.63) is 34.3 Å². The van der Waals surface area contributed by atoms with Crippen LogP contribution in [-0.4, -0.2) is 6.10 Å². The SMILES string of the molecule is [CH2]c1cc(I)cc(OC(C)C)c1. The second-order valence-electron chi connectivity index (χ2n) is 2.96.